The summed E-state index contributed by atoms with van der Waals surface area (Å²) in [5.74, 6) is 1.30. The van der Waals surface area contributed by atoms with Gasteiger partial charge in [-0.3, -0.25) is 0 Å². The largest absolute Gasteiger partial charge is 0.491 e. The maximum atomic E-state index is 9.60. The number of nitrogens with zero attached hydrogens (tertiary/aromatic N) is 1. The van der Waals surface area contributed by atoms with Crippen molar-refractivity contribution < 1.29 is 14.4 Å². The molecule has 0 radical (unpaired) electrons. The molecule has 104 valence electrons. The van der Waals surface area contributed by atoms with Crippen LogP contribution >= 0.6 is 0 Å². The van der Waals surface area contributed by atoms with Crippen LogP contribution in [0.25, 0.3) is 0 Å². The molecule has 0 atom stereocenters. The Bertz CT molecular complexity index is 752. The van der Waals surface area contributed by atoms with E-state index in [1.807, 2.05) is 26.0 Å². The topological polar surface area (TPSA) is 62.5 Å². The van der Waals surface area contributed by atoms with Crippen molar-refractivity contribution in [1.82, 2.24) is 0 Å². The molecular formula is C16H14BNO3. The van der Waals surface area contributed by atoms with Gasteiger partial charge in [-0.05, 0) is 60.3 Å². The number of fused-ring (bicyclic) bond motifs is 1. The molecule has 0 spiro atoms. The Labute approximate surface area is 123 Å². The highest BCUT2D eigenvalue weighted by Crippen LogP contribution is 2.27. The van der Waals surface area contributed by atoms with Gasteiger partial charge in [0.05, 0.1) is 18.2 Å². The molecule has 2 aromatic carbocycles. The van der Waals surface area contributed by atoms with Crippen molar-refractivity contribution in [3.8, 4) is 17.6 Å². The Kier molecular flexibility index (Phi) is 3.42. The summed E-state index contributed by atoms with van der Waals surface area (Å²) in [6, 6.07) is 11.3. The first-order chi connectivity index (χ1) is 10.1. The zero-order valence-corrected chi connectivity index (χ0v) is 11.9. The van der Waals surface area contributed by atoms with Gasteiger partial charge in [0.25, 0.3) is 0 Å². The first-order valence-corrected chi connectivity index (χ1v) is 6.70. The van der Waals surface area contributed by atoms with Crippen molar-refractivity contribution >= 4 is 12.6 Å². The van der Waals surface area contributed by atoms with Crippen LogP contribution in [0.5, 0.6) is 11.5 Å². The van der Waals surface area contributed by atoms with E-state index < -0.39 is 7.12 Å². The fraction of sp³-hybridized carbons (Fsp3) is 0.188. The summed E-state index contributed by atoms with van der Waals surface area (Å²) < 4.78 is 11.0. The van der Waals surface area contributed by atoms with Crippen LogP contribution in [0, 0.1) is 25.2 Å². The van der Waals surface area contributed by atoms with Crippen LogP contribution in [0.2, 0.25) is 0 Å². The second kappa shape index (κ2) is 5.25. The third-order valence-corrected chi connectivity index (χ3v) is 3.77. The third-order valence-electron chi connectivity index (χ3n) is 3.77. The number of ether oxygens (including phenoxy) is 1. The van der Waals surface area contributed by atoms with E-state index in [9.17, 15) is 5.02 Å². The molecule has 1 heterocycles. The molecule has 1 N–H and O–H groups in total. The van der Waals surface area contributed by atoms with Crippen LogP contribution in [0.1, 0.15) is 22.3 Å². The summed E-state index contributed by atoms with van der Waals surface area (Å²) in [6.07, 6.45) is 0. The Balaban J connectivity index is 1.91. The lowest BCUT2D eigenvalue weighted by Gasteiger charge is -2.10. The maximum Gasteiger partial charge on any atom is 0.491 e. The van der Waals surface area contributed by atoms with E-state index in [-0.39, 0.29) is 0 Å². The molecule has 4 nitrogen and oxygen atoms in total. The van der Waals surface area contributed by atoms with Crippen LogP contribution in [-0.2, 0) is 11.3 Å². The average molecular weight is 279 g/mol. The highest BCUT2D eigenvalue weighted by molar-refractivity contribution is 6.61. The van der Waals surface area contributed by atoms with Crippen LogP contribution < -0.4 is 10.2 Å². The summed E-state index contributed by atoms with van der Waals surface area (Å²) in [5, 5.41) is 18.7. The standard InChI is InChI=1S/C16H14BNO3/c1-10-5-15(6-12(8-18)11(10)2)21-14-3-4-16-13(7-14)9-20-17(16)19/h3-7,19H,9H2,1-2H3. The molecular weight excluding hydrogens is 265 g/mol. The van der Waals surface area contributed by atoms with Gasteiger partial charge in [-0.15, -0.1) is 0 Å². The van der Waals surface area contributed by atoms with Crippen molar-refractivity contribution in [2.24, 2.45) is 0 Å². The van der Waals surface area contributed by atoms with Gasteiger partial charge in [0, 0.05) is 0 Å². The molecule has 0 saturated carbocycles. The lowest BCUT2D eigenvalue weighted by atomic mass is 9.80. The summed E-state index contributed by atoms with van der Waals surface area (Å²) in [5.41, 5.74) is 4.30. The predicted molar refractivity (Wildman–Crippen MR) is 79.5 cm³/mol. The molecule has 1 aliphatic rings. The summed E-state index contributed by atoms with van der Waals surface area (Å²) in [6.45, 7) is 4.26. The summed E-state index contributed by atoms with van der Waals surface area (Å²) in [4.78, 5) is 0. The van der Waals surface area contributed by atoms with Crippen LogP contribution in [0.3, 0.4) is 0 Å². The van der Waals surface area contributed by atoms with Crippen LogP contribution in [0.4, 0.5) is 0 Å². The van der Waals surface area contributed by atoms with Gasteiger partial charge in [-0.2, -0.15) is 5.26 Å². The SMILES string of the molecule is Cc1cc(Oc2ccc3c(c2)COB3O)cc(C#N)c1C. The molecule has 0 fully saturated rings. The van der Waals surface area contributed by atoms with Crippen molar-refractivity contribution in [3.63, 3.8) is 0 Å². The Hall–Kier alpha value is -2.29. The normalized spacial score (nSPS) is 13.0. The first kappa shape index (κ1) is 13.7. The molecule has 0 unspecified atom stereocenters. The highest BCUT2D eigenvalue weighted by Gasteiger charge is 2.27. The van der Waals surface area contributed by atoms with Gasteiger partial charge in [-0.25, -0.2) is 0 Å². The van der Waals surface area contributed by atoms with Crippen molar-refractivity contribution in [3.05, 3.63) is 52.6 Å². The maximum absolute atomic E-state index is 9.60. The fourth-order valence-corrected chi connectivity index (χ4v) is 2.41. The van der Waals surface area contributed by atoms with Crippen LogP contribution in [0.15, 0.2) is 30.3 Å². The predicted octanol–water partition coefficient (Wildman–Crippen LogP) is 2.19. The van der Waals surface area contributed by atoms with E-state index in [0.29, 0.717) is 23.7 Å². The number of hydrogen-bond acceptors (Lipinski definition) is 4. The fourth-order valence-electron chi connectivity index (χ4n) is 2.41. The molecule has 0 bridgehead atoms. The quantitative estimate of drug-likeness (QED) is 0.856. The zero-order valence-electron chi connectivity index (χ0n) is 11.9. The minimum absolute atomic E-state index is 0.379. The molecule has 0 aliphatic carbocycles. The number of nitriles is 1. The summed E-state index contributed by atoms with van der Waals surface area (Å²) in [7, 11) is -0.846. The molecule has 2 aromatic rings. The minimum atomic E-state index is -0.846. The molecule has 0 amide bonds. The van der Waals surface area contributed by atoms with Crippen LogP contribution in [-0.4, -0.2) is 12.1 Å². The Morgan fingerprint density at radius 3 is 2.81 bits per heavy atom. The lowest BCUT2D eigenvalue weighted by Crippen LogP contribution is -2.27. The van der Waals surface area contributed by atoms with E-state index in [4.69, 9.17) is 14.7 Å². The zero-order chi connectivity index (χ0) is 15.0. The summed E-state index contributed by atoms with van der Waals surface area (Å²) >= 11 is 0. The Morgan fingerprint density at radius 2 is 2.05 bits per heavy atom. The molecule has 3 rings (SSSR count). The van der Waals surface area contributed by atoms with E-state index in [1.165, 1.54) is 0 Å². The second-order valence-corrected chi connectivity index (χ2v) is 5.15. The van der Waals surface area contributed by atoms with Gasteiger partial charge in [0.1, 0.15) is 11.5 Å². The monoisotopic (exact) mass is 279 g/mol. The van der Waals surface area contributed by atoms with Gasteiger partial charge in [0.2, 0.25) is 0 Å². The number of benzene rings is 2. The molecule has 0 saturated heterocycles. The minimum Gasteiger partial charge on any atom is -0.457 e. The molecule has 1 aliphatic heterocycles. The highest BCUT2D eigenvalue weighted by atomic mass is 16.5. The second-order valence-electron chi connectivity index (χ2n) is 5.15. The average Bonchev–Trinajstić information content (AvgIpc) is 2.83. The van der Waals surface area contributed by atoms with Crippen molar-refractivity contribution in [1.29, 1.82) is 5.26 Å². The molecule has 0 aromatic heterocycles. The van der Waals surface area contributed by atoms with Gasteiger partial charge < -0.3 is 14.4 Å². The first-order valence-electron chi connectivity index (χ1n) is 6.70. The number of hydrogen-bond donors (Lipinski definition) is 1. The van der Waals surface area contributed by atoms with Crippen molar-refractivity contribution in [2.75, 3.05) is 0 Å². The van der Waals surface area contributed by atoms with E-state index in [1.54, 1.807) is 18.2 Å². The number of rotatable bonds is 2. The van der Waals surface area contributed by atoms with Crippen molar-refractivity contribution in [2.45, 2.75) is 20.5 Å². The van der Waals surface area contributed by atoms with E-state index in [0.717, 1.165) is 22.2 Å². The molecule has 5 heteroatoms. The lowest BCUT2D eigenvalue weighted by molar-refractivity contribution is 0.275. The number of aryl methyl sites for hydroxylation is 1. The smallest absolute Gasteiger partial charge is 0.457 e. The molecule has 21 heavy (non-hydrogen) atoms. The van der Waals surface area contributed by atoms with Gasteiger partial charge in [0.15, 0.2) is 0 Å². The van der Waals surface area contributed by atoms with E-state index >= 15 is 0 Å². The van der Waals surface area contributed by atoms with E-state index in [2.05, 4.69) is 6.07 Å². The van der Waals surface area contributed by atoms with Gasteiger partial charge >= 0.3 is 7.12 Å². The van der Waals surface area contributed by atoms with Gasteiger partial charge in [-0.1, -0.05) is 6.07 Å². The third kappa shape index (κ3) is 2.51. The Morgan fingerprint density at radius 1 is 1.24 bits per heavy atom.